The Bertz CT molecular complexity index is 764. The lowest BCUT2D eigenvalue weighted by Gasteiger charge is -2.07. The normalized spacial score (nSPS) is 10.4. The Balaban J connectivity index is 1.66. The van der Waals surface area contributed by atoms with E-state index in [0.717, 1.165) is 4.88 Å². The minimum absolute atomic E-state index is 0.0474. The Morgan fingerprint density at radius 2 is 2.14 bits per heavy atom. The quantitative estimate of drug-likeness (QED) is 0.671. The summed E-state index contributed by atoms with van der Waals surface area (Å²) < 4.78 is 15.8. The van der Waals surface area contributed by atoms with Gasteiger partial charge in [0.1, 0.15) is 29.9 Å². The van der Waals surface area contributed by atoms with Crippen molar-refractivity contribution in [3.63, 3.8) is 0 Å². The average Bonchev–Trinajstić information content (AvgIpc) is 3.23. The molecule has 2 heterocycles. The van der Waals surface area contributed by atoms with Crippen LogP contribution in [0.15, 0.2) is 52.5 Å². The third-order valence-corrected chi connectivity index (χ3v) is 3.82. The van der Waals surface area contributed by atoms with Gasteiger partial charge in [-0.3, -0.25) is 0 Å². The number of esters is 1. The maximum atomic E-state index is 12.1. The highest BCUT2D eigenvalue weighted by atomic mass is 32.1. The van der Waals surface area contributed by atoms with Gasteiger partial charge >= 0.3 is 5.97 Å². The first-order valence-electron chi connectivity index (χ1n) is 6.56. The molecule has 0 N–H and O–H groups in total. The predicted molar refractivity (Wildman–Crippen MR) is 81.9 cm³/mol. The van der Waals surface area contributed by atoms with Gasteiger partial charge in [0.15, 0.2) is 0 Å². The fraction of sp³-hybridized carbons (Fsp3) is 0.125. The van der Waals surface area contributed by atoms with Gasteiger partial charge in [0.25, 0.3) is 0 Å². The van der Waals surface area contributed by atoms with E-state index in [9.17, 15) is 4.79 Å². The largest absolute Gasteiger partial charge is 0.496 e. The molecule has 1 aromatic carbocycles. The van der Waals surface area contributed by atoms with Crippen LogP contribution in [0.2, 0.25) is 0 Å². The second-order valence-electron chi connectivity index (χ2n) is 4.40. The Morgan fingerprint density at radius 3 is 2.91 bits per heavy atom. The van der Waals surface area contributed by atoms with Crippen LogP contribution in [-0.4, -0.2) is 18.1 Å². The van der Waals surface area contributed by atoms with Crippen LogP contribution in [0.25, 0.3) is 10.8 Å². The van der Waals surface area contributed by atoms with E-state index in [1.165, 1.54) is 24.7 Å². The molecular formula is C16H13NO4S. The van der Waals surface area contributed by atoms with E-state index in [1.54, 1.807) is 24.3 Å². The molecule has 0 fully saturated rings. The third kappa shape index (κ3) is 3.01. The molecule has 3 rings (SSSR count). The highest BCUT2D eigenvalue weighted by Gasteiger charge is 2.14. The standard InChI is InChI=1S/C16H13NO4S/c1-19-13-6-3-2-5-12(13)16(18)21-10-11-9-20-15(17-11)14-7-4-8-22-14/h2-9H,10H2,1H3. The number of methoxy groups -OCH3 is 1. The Labute approximate surface area is 131 Å². The Hall–Kier alpha value is -2.60. The van der Waals surface area contributed by atoms with Gasteiger partial charge in [-0.1, -0.05) is 18.2 Å². The van der Waals surface area contributed by atoms with Crippen molar-refractivity contribution in [3.8, 4) is 16.5 Å². The molecule has 0 spiro atoms. The summed E-state index contributed by atoms with van der Waals surface area (Å²) in [5.41, 5.74) is 0.943. The number of carbonyl (C=O) groups excluding carboxylic acids is 1. The number of hydrogen-bond donors (Lipinski definition) is 0. The number of ether oxygens (including phenoxy) is 2. The zero-order chi connectivity index (χ0) is 15.4. The number of aromatic nitrogens is 1. The molecule has 0 radical (unpaired) electrons. The lowest BCUT2D eigenvalue weighted by Crippen LogP contribution is -2.07. The number of rotatable bonds is 5. The van der Waals surface area contributed by atoms with Crippen molar-refractivity contribution in [1.29, 1.82) is 0 Å². The molecule has 0 unspecified atom stereocenters. The van der Waals surface area contributed by atoms with Gasteiger partial charge in [-0.25, -0.2) is 9.78 Å². The van der Waals surface area contributed by atoms with Crippen LogP contribution in [0.1, 0.15) is 16.1 Å². The fourth-order valence-electron chi connectivity index (χ4n) is 1.92. The maximum Gasteiger partial charge on any atom is 0.342 e. The zero-order valence-corrected chi connectivity index (χ0v) is 12.6. The van der Waals surface area contributed by atoms with Gasteiger partial charge in [-0.05, 0) is 23.6 Å². The van der Waals surface area contributed by atoms with Crippen molar-refractivity contribution in [2.45, 2.75) is 6.61 Å². The third-order valence-electron chi connectivity index (χ3n) is 2.96. The second-order valence-corrected chi connectivity index (χ2v) is 5.35. The number of nitrogens with zero attached hydrogens (tertiary/aromatic N) is 1. The molecule has 0 aliphatic rings. The predicted octanol–water partition coefficient (Wildman–Crippen LogP) is 3.77. The number of carbonyl (C=O) groups is 1. The van der Waals surface area contributed by atoms with E-state index in [1.807, 2.05) is 17.5 Å². The van der Waals surface area contributed by atoms with E-state index in [0.29, 0.717) is 22.9 Å². The van der Waals surface area contributed by atoms with Gasteiger partial charge < -0.3 is 13.9 Å². The highest BCUT2D eigenvalue weighted by molar-refractivity contribution is 7.13. The molecule has 3 aromatic rings. The molecule has 0 saturated heterocycles. The minimum atomic E-state index is -0.460. The van der Waals surface area contributed by atoms with Gasteiger partial charge in [-0.2, -0.15) is 0 Å². The second kappa shape index (κ2) is 6.44. The molecule has 0 atom stereocenters. The topological polar surface area (TPSA) is 61.6 Å². The average molecular weight is 315 g/mol. The SMILES string of the molecule is COc1ccccc1C(=O)OCc1coc(-c2cccs2)n1. The van der Waals surface area contributed by atoms with Crippen LogP contribution in [0.4, 0.5) is 0 Å². The smallest absolute Gasteiger partial charge is 0.342 e. The summed E-state index contributed by atoms with van der Waals surface area (Å²) in [4.78, 5) is 17.3. The highest BCUT2D eigenvalue weighted by Crippen LogP contribution is 2.24. The fourth-order valence-corrected chi connectivity index (χ4v) is 2.57. The summed E-state index contributed by atoms with van der Waals surface area (Å²) in [7, 11) is 1.51. The molecule has 22 heavy (non-hydrogen) atoms. The van der Waals surface area contributed by atoms with Crippen LogP contribution in [-0.2, 0) is 11.3 Å². The lowest BCUT2D eigenvalue weighted by atomic mass is 10.2. The van der Waals surface area contributed by atoms with Crippen molar-refractivity contribution in [2.24, 2.45) is 0 Å². The molecule has 0 bridgehead atoms. The van der Waals surface area contributed by atoms with Crippen LogP contribution < -0.4 is 4.74 Å². The number of hydrogen-bond acceptors (Lipinski definition) is 6. The number of para-hydroxylation sites is 1. The van der Waals surface area contributed by atoms with Crippen molar-refractivity contribution < 1.29 is 18.7 Å². The lowest BCUT2D eigenvalue weighted by molar-refractivity contribution is 0.0464. The number of benzene rings is 1. The van der Waals surface area contributed by atoms with Gasteiger partial charge in [0, 0.05) is 0 Å². The molecule has 0 aliphatic heterocycles. The van der Waals surface area contributed by atoms with Crippen LogP contribution in [0.3, 0.4) is 0 Å². The van der Waals surface area contributed by atoms with Crippen molar-refractivity contribution >= 4 is 17.3 Å². The van der Waals surface area contributed by atoms with Crippen molar-refractivity contribution in [1.82, 2.24) is 4.98 Å². The molecule has 2 aromatic heterocycles. The summed E-state index contributed by atoms with van der Waals surface area (Å²) in [6.07, 6.45) is 1.49. The van der Waals surface area contributed by atoms with Crippen molar-refractivity contribution in [3.05, 3.63) is 59.3 Å². The zero-order valence-electron chi connectivity index (χ0n) is 11.8. The van der Waals surface area contributed by atoms with E-state index >= 15 is 0 Å². The van der Waals surface area contributed by atoms with Crippen molar-refractivity contribution in [2.75, 3.05) is 7.11 Å². The number of oxazole rings is 1. The van der Waals surface area contributed by atoms with Gasteiger partial charge in [-0.15, -0.1) is 11.3 Å². The monoisotopic (exact) mass is 315 g/mol. The molecular weight excluding hydrogens is 302 g/mol. The first kappa shape index (κ1) is 14.3. The summed E-state index contributed by atoms with van der Waals surface area (Å²) in [6.45, 7) is 0.0474. The molecule has 6 heteroatoms. The summed E-state index contributed by atoms with van der Waals surface area (Å²) >= 11 is 1.54. The number of thiophene rings is 1. The first-order chi connectivity index (χ1) is 10.8. The molecule has 5 nitrogen and oxygen atoms in total. The molecule has 0 amide bonds. The molecule has 0 aliphatic carbocycles. The maximum absolute atomic E-state index is 12.1. The summed E-state index contributed by atoms with van der Waals surface area (Å²) in [5, 5.41) is 1.95. The minimum Gasteiger partial charge on any atom is -0.496 e. The first-order valence-corrected chi connectivity index (χ1v) is 7.44. The Kier molecular flexibility index (Phi) is 4.20. The van der Waals surface area contributed by atoms with Crippen LogP contribution >= 0.6 is 11.3 Å². The Morgan fingerprint density at radius 1 is 1.27 bits per heavy atom. The summed E-state index contributed by atoms with van der Waals surface area (Å²) in [6, 6.07) is 10.7. The van der Waals surface area contributed by atoms with E-state index in [4.69, 9.17) is 13.9 Å². The van der Waals surface area contributed by atoms with Gasteiger partial charge in [0.2, 0.25) is 5.89 Å². The van der Waals surface area contributed by atoms with E-state index in [-0.39, 0.29) is 6.61 Å². The van der Waals surface area contributed by atoms with E-state index < -0.39 is 5.97 Å². The molecule has 0 saturated carbocycles. The summed E-state index contributed by atoms with van der Waals surface area (Å²) in [5.74, 6) is 0.545. The van der Waals surface area contributed by atoms with Gasteiger partial charge in [0.05, 0.1) is 12.0 Å². The van der Waals surface area contributed by atoms with E-state index in [2.05, 4.69) is 4.98 Å². The van der Waals surface area contributed by atoms with Crippen LogP contribution in [0, 0.1) is 0 Å². The van der Waals surface area contributed by atoms with Crippen LogP contribution in [0.5, 0.6) is 5.75 Å². The molecule has 112 valence electrons.